The molecule has 0 radical (unpaired) electrons. The van der Waals surface area contributed by atoms with Gasteiger partial charge in [0.15, 0.2) is 0 Å². The predicted octanol–water partition coefficient (Wildman–Crippen LogP) is -1.51. The number of aliphatic hydroxyl groups excluding tert-OH is 1. The second-order valence-corrected chi connectivity index (χ2v) is 2.74. The fraction of sp³-hybridized carbons (Fsp3) is 1.00. The highest BCUT2D eigenvalue weighted by molar-refractivity contribution is 4.92. The molecule has 2 saturated heterocycles. The van der Waals surface area contributed by atoms with Gasteiger partial charge in [-0.15, -0.1) is 0 Å². The fourth-order valence-corrected chi connectivity index (χ4v) is 1.07. The summed E-state index contributed by atoms with van der Waals surface area (Å²) in [6.45, 7) is 3.09. The van der Waals surface area contributed by atoms with Crippen molar-refractivity contribution in [1.29, 1.82) is 0 Å². The fourth-order valence-electron chi connectivity index (χ4n) is 1.07. The Labute approximate surface area is 70.3 Å². The summed E-state index contributed by atoms with van der Waals surface area (Å²) in [6.07, 6.45) is 0.796. The van der Waals surface area contributed by atoms with E-state index in [2.05, 4.69) is 10.2 Å². The van der Waals surface area contributed by atoms with Crippen LogP contribution in [0.2, 0.25) is 0 Å². The maximum absolute atomic E-state index is 9.24. The Morgan fingerprint density at radius 3 is 2.58 bits per heavy atom. The molecule has 0 aromatic heterocycles. The molecule has 0 saturated carbocycles. The lowest BCUT2D eigenvalue weighted by molar-refractivity contribution is -0.482. The zero-order chi connectivity index (χ0) is 8.97. The number of hydrogen-bond donors (Lipinski definition) is 2. The van der Waals surface area contributed by atoms with Crippen molar-refractivity contribution in [2.24, 2.45) is 0 Å². The van der Waals surface area contributed by atoms with Crippen LogP contribution in [-0.4, -0.2) is 53.9 Å². The van der Waals surface area contributed by atoms with E-state index in [1.807, 2.05) is 0 Å². The van der Waals surface area contributed by atoms with E-state index in [0.717, 1.165) is 6.17 Å². The van der Waals surface area contributed by atoms with Crippen LogP contribution in [0.15, 0.2) is 0 Å². The molecule has 0 spiro atoms. The Morgan fingerprint density at radius 1 is 1.75 bits per heavy atom. The van der Waals surface area contributed by atoms with Crippen molar-refractivity contribution in [3.63, 3.8) is 0 Å². The first-order valence-corrected chi connectivity index (χ1v) is 3.94. The van der Waals surface area contributed by atoms with E-state index in [0.29, 0.717) is 0 Å². The lowest BCUT2D eigenvalue weighted by atomic mass is 10.6. The number of nitro groups is 1. The van der Waals surface area contributed by atoms with Crippen LogP contribution < -0.4 is 5.32 Å². The third-order valence-electron chi connectivity index (χ3n) is 1.78. The maximum atomic E-state index is 9.24. The van der Waals surface area contributed by atoms with Crippen molar-refractivity contribution < 1.29 is 10.0 Å². The summed E-state index contributed by atoms with van der Waals surface area (Å²) < 4.78 is 0. The van der Waals surface area contributed by atoms with Gasteiger partial charge in [-0.2, -0.15) is 0 Å². The van der Waals surface area contributed by atoms with Gasteiger partial charge in [0.2, 0.25) is 6.54 Å². The zero-order valence-electron chi connectivity index (χ0n) is 6.77. The van der Waals surface area contributed by atoms with E-state index >= 15 is 0 Å². The SMILES string of the molecule is C1CN2CC2N1.O=[N+]([O-])CCO. The van der Waals surface area contributed by atoms with Crippen molar-refractivity contribution in [3.8, 4) is 0 Å². The summed E-state index contributed by atoms with van der Waals surface area (Å²) in [6, 6.07) is 0. The first-order chi connectivity index (χ1) is 5.74. The molecule has 70 valence electrons. The van der Waals surface area contributed by atoms with E-state index in [1.54, 1.807) is 0 Å². The second-order valence-electron chi connectivity index (χ2n) is 2.74. The van der Waals surface area contributed by atoms with Crippen LogP contribution in [0.25, 0.3) is 0 Å². The Hall–Kier alpha value is -0.720. The van der Waals surface area contributed by atoms with Crippen LogP contribution in [0.1, 0.15) is 0 Å². The van der Waals surface area contributed by atoms with Gasteiger partial charge < -0.3 is 5.11 Å². The van der Waals surface area contributed by atoms with Crippen molar-refractivity contribution in [1.82, 2.24) is 10.2 Å². The smallest absolute Gasteiger partial charge is 0.226 e. The molecule has 2 fully saturated rings. The zero-order valence-corrected chi connectivity index (χ0v) is 6.77. The average Bonchev–Trinajstić information content (AvgIpc) is 2.60. The van der Waals surface area contributed by atoms with Crippen molar-refractivity contribution in [3.05, 3.63) is 10.1 Å². The largest absolute Gasteiger partial charge is 0.390 e. The molecule has 2 unspecified atom stereocenters. The Balaban J connectivity index is 0.000000120. The summed E-state index contributed by atoms with van der Waals surface area (Å²) in [5, 5.41) is 20.4. The quantitative estimate of drug-likeness (QED) is 0.303. The minimum absolute atomic E-state index is 0.347. The van der Waals surface area contributed by atoms with E-state index in [9.17, 15) is 10.1 Å². The summed E-state index contributed by atoms with van der Waals surface area (Å²) in [5.41, 5.74) is 0. The van der Waals surface area contributed by atoms with Gasteiger partial charge in [-0.05, 0) is 0 Å². The first-order valence-electron chi connectivity index (χ1n) is 3.94. The summed E-state index contributed by atoms with van der Waals surface area (Å²) in [4.78, 5) is 11.1. The molecule has 2 atom stereocenters. The van der Waals surface area contributed by atoms with Crippen molar-refractivity contribution in [2.45, 2.75) is 6.17 Å². The van der Waals surface area contributed by atoms with Gasteiger partial charge in [0.05, 0.1) is 6.17 Å². The molecule has 12 heavy (non-hydrogen) atoms. The van der Waals surface area contributed by atoms with E-state index < -0.39 is 4.92 Å². The number of aliphatic hydroxyl groups is 1. The summed E-state index contributed by atoms with van der Waals surface area (Å²) in [7, 11) is 0. The number of nitrogens with one attached hydrogen (secondary N) is 1. The van der Waals surface area contributed by atoms with Crippen LogP contribution >= 0.6 is 0 Å². The Morgan fingerprint density at radius 2 is 2.50 bits per heavy atom. The molecule has 0 bridgehead atoms. The van der Waals surface area contributed by atoms with Gasteiger partial charge in [-0.25, -0.2) is 0 Å². The van der Waals surface area contributed by atoms with Gasteiger partial charge in [0, 0.05) is 24.6 Å². The van der Waals surface area contributed by atoms with E-state index in [1.165, 1.54) is 19.6 Å². The molecule has 6 nitrogen and oxygen atoms in total. The number of rotatable bonds is 2. The highest BCUT2D eigenvalue weighted by Gasteiger charge is 2.37. The number of hydrogen-bond acceptors (Lipinski definition) is 5. The van der Waals surface area contributed by atoms with E-state index in [4.69, 9.17) is 5.11 Å². The Bertz CT molecular complexity index is 156. The number of fused-ring (bicyclic) bond motifs is 1. The van der Waals surface area contributed by atoms with Gasteiger partial charge >= 0.3 is 0 Å². The van der Waals surface area contributed by atoms with Crippen LogP contribution in [-0.2, 0) is 0 Å². The van der Waals surface area contributed by atoms with Crippen LogP contribution in [0.5, 0.6) is 0 Å². The average molecular weight is 175 g/mol. The minimum Gasteiger partial charge on any atom is -0.390 e. The third-order valence-corrected chi connectivity index (χ3v) is 1.78. The van der Waals surface area contributed by atoms with Gasteiger partial charge in [0.25, 0.3) is 0 Å². The standard InChI is InChI=1S/C4H8N2.C2H5NO3/c1-2-6-3-4(6)5-1;4-2-1-3(5)6/h4-5H,1-3H2;4H,1-2H2. The molecule has 6 heteroatoms. The topological polar surface area (TPSA) is 78.4 Å². The highest BCUT2D eigenvalue weighted by atomic mass is 16.6. The molecular weight excluding hydrogens is 162 g/mol. The van der Waals surface area contributed by atoms with Crippen LogP contribution in [0.4, 0.5) is 0 Å². The third kappa shape index (κ3) is 3.12. The van der Waals surface area contributed by atoms with E-state index in [-0.39, 0.29) is 13.2 Å². The molecular formula is C6H13N3O3. The molecule has 2 rings (SSSR count). The van der Waals surface area contributed by atoms with Gasteiger partial charge in [0.1, 0.15) is 6.61 Å². The maximum Gasteiger partial charge on any atom is 0.226 e. The van der Waals surface area contributed by atoms with Gasteiger partial charge in [-0.3, -0.25) is 20.3 Å². The Kier molecular flexibility index (Phi) is 3.39. The number of nitrogens with zero attached hydrogens (tertiary/aromatic N) is 2. The normalized spacial score (nSPS) is 30.1. The molecule has 2 heterocycles. The van der Waals surface area contributed by atoms with Crippen LogP contribution in [0.3, 0.4) is 0 Å². The lowest BCUT2D eigenvalue weighted by Crippen LogP contribution is -2.13. The summed E-state index contributed by atoms with van der Waals surface area (Å²) in [5.74, 6) is 0. The second kappa shape index (κ2) is 4.34. The monoisotopic (exact) mass is 175 g/mol. The summed E-state index contributed by atoms with van der Waals surface area (Å²) >= 11 is 0. The molecule has 0 aliphatic carbocycles. The molecule has 0 amide bonds. The van der Waals surface area contributed by atoms with Gasteiger partial charge in [-0.1, -0.05) is 0 Å². The van der Waals surface area contributed by atoms with Crippen molar-refractivity contribution >= 4 is 0 Å². The highest BCUT2D eigenvalue weighted by Crippen LogP contribution is 2.16. The number of piperazine rings is 1. The van der Waals surface area contributed by atoms with Crippen molar-refractivity contribution in [2.75, 3.05) is 32.8 Å². The minimum atomic E-state index is -0.569. The molecule has 2 aliphatic rings. The predicted molar refractivity (Wildman–Crippen MR) is 42.3 cm³/mol. The van der Waals surface area contributed by atoms with Crippen LogP contribution in [0, 0.1) is 10.1 Å². The molecule has 2 N–H and O–H groups in total. The molecule has 0 aromatic rings. The molecule has 2 aliphatic heterocycles. The first kappa shape index (κ1) is 9.37. The lowest BCUT2D eigenvalue weighted by Gasteiger charge is -1.84. The molecule has 0 aromatic carbocycles.